The summed E-state index contributed by atoms with van der Waals surface area (Å²) >= 11 is 0. The van der Waals surface area contributed by atoms with Crippen LogP contribution in [0.2, 0.25) is 0 Å². The van der Waals surface area contributed by atoms with Crippen molar-refractivity contribution in [3.05, 3.63) is 65.6 Å². The molecular formula is C27H30FN5O. The van der Waals surface area contributed by atoms with E-state index in [0.29, 0.717) is 11.1 Å². The van der Waals surface area contributed by atoms with Crippen LogP contribution in [0.5, 0.6) is 0 Å². The number of carbonyl (C=O) groups is 1. The number of carbonyl (C=O) groups excluding carboxylic acids is 1. The molecule has 0 aliphatic carbocycles. The van der Waals surface area contributed by atoms with Gasteiger partial charge in [0, 0.05) is 67.4 Å². The number of fused-ring (bicyclic) bond motifs is 2. The Labute approximate surface area is 199 Å². The minimum atomic E-state index is -1.11. The van der Waals surface area contributed by atoms with E-state index in [-0.39, 0.29) is 5.91 Å². The van der Waals surface area contributed by atoms with E-state index in [2.05, 4.69) is 51.1 Å². The van der Waals surface area contributed by atoms with Crippen molar-refractivity contribution in [3.8, 4) is 11.1 Å². The minimum absolute atomic E-state index is 0.0944. The fourth-order valence-electron chi connectivity index (χ4n) is 5.09. The zero-order valence-electron chi connectivity index (χ0n) is 20.1. The Bertz CT molecular complexity index is 1380. The molecule has 0 saturated heterocycles. The average molecular weight is 460 g/mol. The summed E-state index contributed by atoms with van der Waals surface area (Å²) in [7, 11) is 3.53. The molecule has 1 atom stereocenters. The van der Waals surface area contributed by atoms with Gasteiger partial charge in [-0.15, -0.1) is 0 Å². The summed E-state index contributed by atoms with van der Waals surface area (Å²) in [6.07, 6.45) is 6.48. The van der Waals surface area contributed by atoms with E-state index >= 15 is 0 Å². The smallest absolute Gasteiger partial charge is 0.253 e. The second-order valence-corrected chi connectivity index (χ2v) is 8.95. The second kappa shape index (κ2) is 8.63. The molecule has 7 heteroatoms. The van der Waals surface area contributed by atoms with Gasteiger partial charge in [-0.1, -0.05) is 0 Å². The third-order valence-electron chi connectivity index (χ3n) is 6.80. The summed E-state index contributed by atoms with van der Waals surface area (Å²) in [5.74, 6) is -0.0944. The molecule has 5 rings (SSSR count). The molecule has 6 nitrogen and oxygen atoms in total. The quantitative estimate of drug-likeness (QED) is 0.427. The Morgan fingerprint density at radius 3 is 2.74 bits per heavy atom. The minimum Gasteiger partial charge on any atom is -0.355 e. The van der Waals surface area contributed by atoms with Crippen LogP contribution in [0.3, 0.4) is 0 Å². The molecule has 0 spiro atoms. The van der Waals surface area contributed by atoms with Gasteiger partial charge in [0.25, 0.3) is 5.91 Å². The molecule has 3 heterocycles. The van der Waals surface area contributed by atoms with E-state index < -0.39 is 6.17 Å². The van der Waals surface area contributed by atoms with Crippen molar-refractivity contribution in [2.24, 2.45) is 7.05 Å². The molecule has 0 radical (unpaired) electrons. The van der Waals surface area contributed by atoms with Crippen LogP contribution in [-0.4, -0.2) is 33.8 Å². The number of nitrogens with one attached hydrogen (secondary N) is 1. The lowest BCUT2D eigenvalue weighted by Gasteiger charge is -2.33. The van der Waals surface area contributed by atoms with Gasteiger partial charge < -0.3 is 14.8 Å². The van der Waals surface area contributed by atoms with Crippen molar-refractivity contribution in [2.75, 3.05) is 18.5 Å². The number of rotatable bonds is 5. The predicted octanol–water partition coefficient (Wildman–Crippen LogP) is 5.54. The van der Waals surface area contributed by atoms with Crippen molar-refractivity contribution in [1.82, 2.24) is 19.7 Å². The maximum atomic E-state index is 14.8. The van der Waals surface area contributed by atoms with Crippen LogP contribution in [0.15, 0.2) is 48.9 Å². The Kier molecular flexibility index (Phi) is 5.63. The Morgan fingerprint density at radius 2 is 2.06 bits per heavy atom. The highest BCUT2D eigenvalue weighted by molar-refractivity contribution is 6.07. The lowest BCUT2D eigenvalue weighted by atomic mass is 9.91. The third kappa shape index (κ3) is 3.65. The topological polar surface area (TPSA) is 55.1 Å². The first kappa shape index (κ1) is 22.2. The van der Waals surface area contributed by atoms with Gasteiger partial charge >= 0.3 is 0 Å². The van der Waals surface area contributed by atoms with Crippen LogP contribution >= 0.6 is 0 Å². The number of alkyl halides is 1. The summed E-state index contributed by atoms with van der Waals surface area (Å²) in [5, 5.41) is 7.97. The van der Waals surface area contributed by atoms with Crippen LogP contribution in [0.1, 0.15) is 47.9 Å². The van der Waals surface area contributed by atoms with Crippen LogP contribution < -0.4 is 10.2 Å². The molecule has 0 bridgehead atoms. The van der Waals surface area contributed by atoms with Gasteiger partial charge in [0.1, 0.15) is 6.17 Å². The molecule has 1 unspecified atom stereocenters. The summed E-state index contributed by atoms with van der Waals surface area (Å²) in [6.45, 7) is 5.29. The fraction of sp³-hybridized carbons (Fsp3) is 0.333. The lowest BCUT2D eigenvalue weighted by molar-refractivity contribution is 0.0964. The molecule has 0 fully saturated rings. The number of hydrogen-bond acceptors (Lipinski definition) is 3. The SMILES string of the molecule is CCn1cc(C(=O)NC)c2cc(N3CCCc4cc(-c5cnn(C)c5)c(C(C)F)cc43)ccc21. The highest BCUT2D eigenvalue weighted by Gasteiger charge is 2.24. The van der Waals surface area contributed by atoms with Gasteiger partial charge in [-0.2, -0.15) is 5.10 Å². The number of halogens is 1. The van der Waals surface area contributed by atoms with E-state index in [1.165, 1.54) is 5.56 Å². The standard InChI is InChI=1S/C27H30FN5O/c1-5-32-16-24(27(34)29-3)23-12-20(8-9-25(23)32)33-10-6-7-18-11-22(19-14-30-31(4)15-19)21(17(2)28)13-26(18)33/h8-9,11-17H,5-7,10H2,1-4H3,(H,29,34). The van der Waals surface area contributed by atoms with Gasteiger partial charge in [0.15, 0.2) is 0 Å². The number of aromatic nitrogens is 3. The molecule has 34 heavy (non-hydrogen) atoms. The molecule has 1 aliphatic rings. The third-order valence-corrected chi connectivity index (χ3v) is 6.80. The Hall–Kier alpha value is -3.61. The first-order chi connectivity index (χ1) is 16.4. The second-order valence-electron chi connectivity index (χ2n) is 8.95. The predicted molar refractivity (Wildman–Crippen MR) is 134 cm³/mol. The van der Waals surface area contributed by atoms with Gasteiger partial charge in [-0.3, -0.25) is 9.48 Å². The molecule has 1 amide bonds. The number of benzene rings is 2. The highest BCUT2D eigenvalue weighted by Crippen LogP contribution is 2.41. The van der Waals surface area contributed by atoms with Crippen LogP contribution in [0, 0.1) is 0 Å². The normalized spacial score (nSPS) is 14.3. The van der Waals surface area contributed by atoms with Gasteiger partial charge in [-0.25, -0.2) is 4.39 Å². The number of hydrogen-bond donors (Lipinski definition) is 1. The largest absolute Gasteiger partial charge is 0.355 e. The van der Waals surface area contributed by atoms with E-state index in [1.807, 2.05) is 25.5 Å². The maximum Gasteiger partial charge on any atom is 0.253 e. The van der Waals surface area contributed by atoms with Crippen molar-refractivity contribution in [2.45, 2.75) is 39.4 Å². The van der Waals surface area contributed by atoms with E-state index in [9.17, 15) is 9.18 Å². The summed E-state index contributed by atoms with van der Waals surface area (Å²) in [5.41, 5.74) is 7.46. The van der Waals surface area contributed by atoms with Crippen molar-refractivity contribution < 1.29 is 9.18 Å². The number of nitrogens with zero attached hydrogens (tertiary/aromatic N) is 4. The first-order valence-electron chi connectivity index (χ1n) is 11.8. The van der Waals surface area contributed by atoms with E-state index in [1.54, 1.807) is 24.9 Å². The van der Waals surface area contributed by atoms with Crippen LogP contribution in [0.4, 0.5) is 15.8 Å². The van der Waals surface area contributed by atoms with E-state index in [4.69, 9.17) is 0 Å². The summed E-state index contributed by atoms with van der Waals surface area (Å²) < 4.78 is 18.7. The number of aryl methyl sites for hydroxylation is 3. The van der Waals surface area contributed by atoms with Crippen molar-refractivity contribution in [1.29, 1.82) is 0 Å². The summed E-state index contributed by atoms with van der Waals surface area (Å²) in [4.78, 5) is 14.8. The van der Waals surface area contributed by atoms with Gasteiger partial charge in [0.05, 0.1) is 11.8 Å². The monoisotopic (exact) mass is 459 g/mol. The number of amides is 1. The lowest BCUT2D eigenvalue weighted by Crippen LogP contribution is -2.25. The summed E-state index contributed by atoms with van der Waals surface area (Å²) in [6, 6.07) is 10.4. The molecular weight excluding hydrogens is 429 g/mol. The molecule has 1 aliphatic heterocycles. The maximum absolute atomic E-state index is 14.8. The molecule has 1 N–H and O–H groups in total. The van der Waals surface area contributed by atoms with Crippen LogP contribution in [0.25, 0.3) is 22.0 Å². The van der Waals surface area contributed by atoms with Crippen molar-refractivity contribution >= 4 is 28.2 Å². The molecule has 4 aromatic rings. The average Bonchev–Trinajstić information content (AvgIpc) is 3.45. The molecule has 2 aromatic carbocycles. The zero-order chi connectivity index (χ0) is 24.0. The molecule has 2 aromatic heterocycles. The zero-order valence-corrected chi connectivity index (χ0v) is 20.1. The molecule has 0 saturated carbocycles. The molecule has 176 valence electrons. The van der Waals surface area contributed by atoms with Crippen molar-refractivity contribution in [3.63, 3.8) is 0 Å². The Morgan fingerprint density at radius 1 is 1.24 bits per heavy atom. The van der Waals surface area contributed by atoms with Gasteiger partial charge in [0.2, 0.25) is 0 Å². The van der Waals surface area contributed by atoms with E-state index in [0.717, 1.165) is 59.3 Å². The Balaban J connectivity index is 1.65. The van der Waals surface area contributed by atoms with Crippen LogP contribution in [-0.2, 0) is 20.0 Å². The van der Waals surface area contributed by atoms with Gasteiger partial charge in [-0.05, 0) is 73.7 Å². The fourth-order valence-corrected chi connectivity index (χ4v) is 5.09. The highest BCUT2D eigenvalue weighted by atomic mass is 19.1. The first-order valence-corrected chi connectivity index (χ1v) is 11.8. The number of anilines is 2.